The third-order valence-electron chi connectivity index (χ3n) is 3.95. The fourth-order valence-electron chi connectivity index (χ4n) is 2.95. The number of halogens is 1. The minimum absolute atomic E-state index is 0.0947. The zero-order valence-electron chi connectivity index (χ0n) is 11.9. The molecule has 0 fully saturated rings. The second kappa shape index (κ2) is 5.21. The Bertz CT molecular complexity index is 1050. The number of nitro benzene ring substituents is 1. The molecule has 0 amide bonds. The van der Waals surface area contributed by atoms with Crippen LogP contribution in [-0.2, 0) is 0 Å². The van der Waals surface area contributed by atoms with E-state index in [1.165, 1.54) is 12.1 Å². The molecule has 112 valence electrons. The highest BCUT2D eigenvalue weighted by Gasteiger charge is 2.13. The van der Waals surface area contributed by atoms with E-state index in [1.54, 1.807) is 12.1 Å². The van der Waals surface area contributed by atoms with E-state index in [1.807, 2.05) is 18.2 Å². The predicted octanol–water partition coefficient (Wildman–Crippen LogP) is 5.45. The van der Waals surface area contributed by atoms with E-state index in [4.69, 9.17) is 0 Å². The van der Waals surface area contributed by atoms with Gasteiger partial charge in [0.1, 0.15) is 0 Å². The zero-order chi connectivity index (χ0) is 16.0. The molecule has 5 heteroatoms. The van der Waals surface area contributed by atoms with E-state index >= 15 is 0 Å². The van der Waals surface area contributed by atoms with Crippen LogP contribution in [0, 0.1) is 10.1 Å². The molecule has 1 heterocycles. The predicted molar refractivity (Wildman–Crippen MR) is 95.1 cm³/mol. The van der Waals surface area contributed by atoms with Crippen LogP contribution in [0.15, 0.2) is 71.2 Å². The lowest BCUT2D eigenvalue weighted by atomic mass is 10.2. The Morgan fingerprint density at radius 1 is 0.870 bits per heavy atom. The fourth-order valence-corrected chi connectivity index (χ4v) is 3.31. The quantitative estimate of drug-likeness (QED) is 0.349. The van der Waals surface area contributed by atoms with Crippen molar-refractivity contribution in [2.75, 3.05) is 0 Å². The van der Waals surface area contributed by atoms with Gasteiger partial charge in [-0.1, -0.05) is 34.1 Å². The van der Waals surface area contributed by atoms with Gasteiger partial charge in [0.15, 0.2) is 0 Å². The van der Waals surface area contributed by atoms with Gasteiger partial charge < -0.3 is 4.57 Å². The molecule has 0 unspecified atom stereocenters. The number of hydrogen-bond donors (Lipinski definition) is 0. The van der Waals surface area contributed by atoms with Crippen molar-refractivity contribution in [2.45, 2.75) is 0 Å². The lowest BCUT2D eigenvalue weighted by molar-refractivity contribution is -0.384. The number of para-hydroxylation sites is 1. The first-order valence-corrected chi connectivity index (χ1v) is 7.88. The number of benzene rings is 3. The van der Waals surface area contributed by atoms with E-state index in [2.05, 4.69) is 44.8 Å². The fraction of sp³-hybridized carbons (Fsp3) is 0. The number of rotatable bonds is 2. The first-order chi connectivity index (χ1) is 11.1. The Hall–Kier alpha value is -2.66. The SMILES string of the molecule is O=[N+]([O-])c1ccc(-n2c3ccccc3c3cc(Br)ccc32)cc1. The van der Waals surface area contributed by atoms with Crippen molar-refractivity contribution >= 4 is 43.4 Å². The maximum absolute atomic E-state index is 10.9. The molecule has 3 aromatic carbocycles. The van der Waals surface area contributed by atoms with Crippen LogP contribution < -0.4 is 0 Å². The van der Waals surface area contributed by atoms with Crippen LogP contribution in [0.4, 0.5) is 5.69 Å². The first kappa shape index (κ1) is 14.0. The molecule has 0 aliphatic heterocycles. The van der Waals surface area contributed by atoms with Gasteiger partial charge in [-0.25, -0.2) is 0 Å². The molecule has 0 aliphatic rings. The Morgan fingerprint density at radius 2 is 1.57 bits per heavy atom. The van der Waals surface area contributed by atoms with E-state index in [0.717, 1.165) is 32.0 Å². The molecule has 4 rings (SSSR count). The van der Waals surface area contributed by atoms with Gasteiger partial charge in [0.2, 0.25) is 0 Å². The Labute approximate surface area is 140 Å². The topological polar surface area (TPSA) is 48.1 Å². The van der Waals surface area contributed by atoms with Crippen molar-refractivity contribution in [3.8, 4) is 5.69 Å². The minimum atomic E-state index is -0.382. The molecule has 0 saturated carbocycles. The van der Waals surface area contributed by atoms with Crippen LogP contribution in [0.5, 0.6) is 0 Å². The maximum Gasteiger partial charge on any atom is 0.269 e. The number of non-ortho nitro benzene ring substituents is 1. The second-order valence-corrected chi connectivity index (χ2v) is 6.20. The summed E-state index contributed by atoms with van der Waals surface area (Å²) in [6.45, 7) is 0. The van der Waals surface area contributed by atoms with Gasteiger partial charge in [0.05, 0.1) is 16.0 Å². The van der Waals surface area contributed by atoms with E-state index in [-0.39, 0.29) is 10.6 Å². The maximum atomic E-state index is 10.9. The highest BCUT2D eigenvalue weighted by atomic mass is 79.9. The smallest absolute Gasteiger partial charge is 0.269 e. The lowest BCUT2D eigenvalue weighted by Crippen LogP contribution is -1.94. The summed E-state index contributed by atoms with van der Waals surface area (Å²) in [5, 5.41) is 13.2. The van der Waals surface area contributed by atoms with Crippen LogP contribution in [0.1, 0.15) is 0 Å². The average molecular weight is 367 g/mol. The van der Waals surface area contributed by atoms with E-state index < -0.39 is 0 Å². The van der Waals surface area contributed by atoms with Crippen molar-refractivity contribution in [1.29, 1.82) is 0 Å². The van der Waals surface area contributed by atoms with Crippen LogP contribution in [0.25, 0.3) is 27.5 Å². The molecule has 4 nitrogen and oxygen atoms in total. The van der Waals surface area contributed by atoms with Crippen LogP contribution in [0.3, 0.4) is 0 Å². The Balaban J connectivity index is 2.06. The Morgan fingerprint density at radius 3 is 2.30 bits per heavy atom. The average Bonchev–Trinajstić information content (AvgIpc) is 2.89. The van der Waals surface area contributed by atoms with Crippen molar-refractivity contribution in [2.24, 2.45) is 0 Å². The monoisotopic (exact) mass is 366 g/mol. The van der Waals surface area contributed by atoms with Gasteiger partial charge in [-0.05, 0) is 36.4 Å². The van der Waals surface area contributed by atoms with Crippen LogP contribution >= 0.6 is 15.9 Å². The summed E-state index contributed by atoms with van der Waals surface area (Å²) in [7, 11) is 0. The summed E-state index contributed by atoms with van der Waals surface area (Å²) in [6.07, 6.45) is 0. The molecule has 0 bridgehead atoms. The number of hydrogen-bond acceptors (Lipinski definition) is 2. The molecule has 4 aromatic rings. The largest absolute Gasteiger partial charge is 0.309 e. The second-order valence-electron chi connectivity index (χ2n) is 5.29. The van der Waals surface area contributed by atoms with Crippen molar-refractivity contribution < 1.29 is 4.92 Å². The van der Waals surface area contributed by atoms with Gasteiger partial charge in [0, 0.05) is 33.1 Å². The summed E-state index contributed by atoms with van der Waals surface area (Å²) >= 11 is 3.52. The van der Waals surface area contributed by atoms with Gasteiger partial charge in [-0.15, -0.1) is 0 Å². The van der Waals surface area contributed by atoms with Crippen LogP contribution in [0.2, 0.25) is 0 Å². The molecule has 0 atom stereocenters. The highest BCUT2D eigenvalue weighted by Crippen LogP contribution is 2.33. The summed E-state index contributed by atoms with van der Waals surface area (Å²) in [5.41, 5.74) is 3.15. The third kappa shape index (κ3) is 2.21. The minimum Gasteiger partial charge on any atom is -0.309 e. The van der Waals surface area contributed by atoms with Crippen molar-refractivity contribution in [3.63, 3.8) is 0 Å². The van der Waals surface area contributed by atoms with Gasteiger partial charge in [-0.3, -0.25) is 10.1 Å². The number of nitro groups is 1. The molecule has 0 saturated heterocycles. The van der Waals surface area contributed by atoms with E-state index in [9.17, 15) is 10.1 Å². The van der Waals surface area contributed by atoms with Crippen LogP contribution in [-0.4, -0.2) is 9.49 Å². The van der Waals surface area contributed by atoms with Crippen molar-refractivity contribution in [3.05, 3.63) is 81.3 Å². The number of fused-ring (bicyclic) bond motifs is 3. The molecular weight excluding hydrogens is 356 g/mol. The lowest BCUT2D eigenvalue weighted by Gasteiger charge is -2.07. The molecule has 0 spiro atoms. The molecular formula is C18H11BrN2O2. The zero-order valence-corrected chi connectivity index (χ0v) is 13.5. The Kier molecular flexibility index (Phi) is 3.16. The normalized spacial score (nSPS) is 11.2. The van der Waals surface area contributed by atoms with Gasteiger partial charge in [-0.2, -0.15) is 0 Å². The first-order valence-electron chi connectivity index (χ1n) is 7.09. The third-order valence-corrected chi connectivity index (χ3v) is 4.45. The summed E-state index contributed by atoms with van der Waals surface area (Å²) in [6, 6.07) is 21.0. The molecule has 0 N–H and O–H groups in total. The summed E-state index contributed by atoms with van der Waals surface area (Å²) in [5.74, 6) is 0. The molecule has 0 radical (unpaired) electrons. The van der Waals surface area contributed by atoms with Gasteiger partial charge >= 0.3 is 0 Å². The van der Waals surface area contributed by atoms with Crippen molar-refractivity contribution in [1.82, 2.24) is 4.57 Å². The highest BCUT2D eigenvalue weighted by molar-refractivity contribution is 9.10. The number of aromatic nitrogens is 1. The summed E-state index contributed by atoms with van der Waals surface area (Å²) in [4.78, 5) is 10.5. The number of nitrogens with zero attached hydrogens (tertiary/aromatic N) is 2. The summed E-state index contributed by atoms with van der Waals surface area (Å²) < 4.78 is 3.15. The standard InChI is InChI=1S/C18H11BrN2O2/c19-12-5-10-18-16(11-12)15-3-1-2-4-17(15)20(18)13-6-8-14(9-7-13)21(22)23/h1-11H. The van der Waals surface area contributed by atoms with E-state index in [0.29, 0.717) is 0 Å². The molecule has 0 aliphatic carbocycles. The van der Waals surface area contributed by atoms with Gasteiger partial charge in [0.25, 0.3) is 5.69 Å². The molecule has 23 heavy (non-hydrogen) atoms. The molecule has 1 aromatic heterocycles.